The molecule has 8 heteroatoms. The van der Waals surface area contributed by atoms with E-state index in [4.69, 9.17) is 5.73 Å². The van der Waals surface area contributed by atoms with Gasteiger partial charge in [-0.05, 0) is 55.4 Å². The number of carbonyl (C=O) groups is 1. The number of carbonyl (C=O) groups excluding carboxylic acids is 1. The smallest absolute Gasteiger partial charge is 0.229 e. The van der Waals surface area contributed by atoms with Crippen LogP contribution in [0.25, 0.3) is 0 Å². The Balaban J connectivity index is 0.00000192. The summed E-state index contributed by atoms with van der Waals surface area (Å²) in [6.45, 7) is 0. The molecule has 0 radical (unpaired) electrons. The van der Waals surface area contributed by atoms with E-state index in [1.165, 1.54) is 0 Å². The zero-order valence-electron chi connectivity index (χ0n) is 12.9. The van der Waals surface area contributed by atoms with Crippen molar-refractivity contribution < 1.29 is 13.2 Å². The largest absolute Gasteiger partial charge is 0.327 e. The molecular weight excluding hydrogens is 338 g/mol. The Morgan fingerprint density at radius 1 is 1.13 bits per heavy atom. The van der Waals surface area contributed by atoms with Crippen molar-refractivity contribution in [3.63, 3.8) is 0 Å². The summed E-state index contributed by atoms with van der Waals surface area (Å²) >= 11 is 0. The van der Waals surface area contributed by atoms with E-state index in [0.717, 1.165) is 25.5 Å². The van der Waals surface area contributed by atoms with Crippen LogP contribution in [0.15, 0.2) is 24.3 Å². The van der Waals surface area contributed by atoms with Crippen molar-refractivity contribution in [2.45, 2.75) is 25.3 Å². The average Bonchev–Trinajstić information content (AvgIpc) is 3.00. The number of hydrogen-bond donors (Lipinski definition) is 3. The molecule has 1 amide bonds. The van der Waals surface area contributed by atoms with Gasteiger partial charge in [0.1, 0.15) is 0 Å². The molecular formula is C15H22ClN3O3S. The first-order valence-corrected chi connectivity index (χ1v) is 9.37. The zero-order chi connectivity index (χ0) is 15.9. The highest BCUT2D eigenvalue weighted by Crippen LogP contribution is 2.47. The maximum atomic E-state index is 12.4. The molecule has 4 N–H and O–H groups in total. The summed E-state index contributed by atoms with van der Waals surface area (Å²) in [7, 11) is -3.29. The van der Waals surface area contributed by atoms with E-state index in [2.05, 4.69) is 10.0 Å². The Morgan fingerprint density at radius 3 is 2.22 bits per heavy atom. The van der Waals surface area contributed by atoms with Crippen LogP contribution in [0.1, 0.15) is 19.3 Å². The minimum atomic E-state index is -3.29. The van der Waals surface area contributed by atoms with Crippen LogP contribution in [0.3, 0.4) is 0 Å². The lowest BCUT2D eigenvalue weighted by Crippen LogP contribution is -2.42. The highest BCUT2D eigenvalue weighted by molar-refractivity contribution is 7.92. The van der Waals surface area contributed by atoms with E-state index in [0.29, 0.717) is 23.2 Å². The normalized spacial score (nSPS) is 29.0. The summed E-state index contributed by atoms with van der Waals surface area (Å²) in [5.74, 6) is 0.768. The predicted octanol–water partition coefficient (Wildman–Crippen LogP) is 1.79. The third-order valence-electron chi connectivity index (χ3n) is 4.74. The van der Waals surface area contributed by atoms with Gasteiger partial charge in [0.25, 0.3) is 0 Å². The van der Waals surface area contributed by atoms with E-state index in [1.54, 1.807) is 24.3 Å². The van der Waals surface area contributed by atoms with Crippen molar-refractivity contribution >= 4 is 39.7 Å². The minimum absolute atomic E-state index is 0. The van der Waals surface area contributed by atoms with Crippen LogP contribution in [0.2, 0.25) is 0 Å². The van der Waals surface area contributed by atoms with Gasteiger partial charge in [-0.25, -0.2) is 8.42 Å². The number of nitrogens with one attached hydrogen (secondary N) is 2. The number of halogens is 1. The summed E-state index contributed by atoms with van der Waals surface area (Å²) in [6, 6.07) is 6.58. The molecule has 1 aromatic carbocycles. The summed E-state index contributed by atoms with van der Waals surface area (Å²) < 4.78 is 24.7. The fourth-order valence-corrected chi connectivity index (χ4v) is 4.35. The summed E-state index contributed by atoms with van der Waals surface area (Å²) in [5, 5.41) is 2.89. The molecule has 0 saturated heterocycles. The molecule has 1 aromatic rings. The van der Waals surface area contributed by atoms with Gasteiger partial charge in [-0.15, -0.1) is 12.4 Å². The van der Waals surface area contributed by atoms with Crippen molar-refractivity contribution in [3.8, 4) is 0 Å². The molecule has 2 aliphatic carbocycles. The predicted molar refractivity (Wildman–Crippen MR) is 93.1 cm³/mol. The minimum Gasteiger partial charge on any atom is -0.327 e. The first-order valence-electron chi connectivity index (χ1n) is 7.48. The summed E-state index contributed by atoms with van der Waals surface area (Å²) in [4.78, 5) is 12.4. The fraction of sp³-hybridized carbons (Fsp3) is 0.533. The molecule has 0 heterocycles. The molecule has 2 saturated carbocycles. The van der Waals surface area contributed by atoms with Gasteiger partial charge in [-0.3, -0.25) is 9.52 Å². The van der Waals surface area contributed by atoms with Gasteiger partial charge in [0.05, 0.1) is 12.2 Å². The maximum Gasteiger partial charge on any atom is 0.229 e. The van der Waals surface area contributed by atoms with Gasteiger partial charge in [-0.2, -0.15) is 0 Å². The molecule has 2 aliphatic rings. The third kappa shape index (κ3) is 3.97. The van der Waals surface area contributed by atoms with E-state index < -0.39 is 10.0 Å². The molecule has 4 unspecified atom stereocenters. The van der Waals surface area contributed by atoms with Crippen molar-refractivity contribution in [2.75, 3.05) is 16.3 Å². The second-order valence-electron chi connectivity index (χ2n) is 6.38. The third-order valence-corrected chi connectivity index (χ3v) is 5.35. The number of benzene rings is 1. The van der Waals surface area contributed by atoms with Crippen molar-refractivity contribution in [1.82, 2.24) is 0 Å². The highest BCUT2D eigenvalue weighted by atomic mass is 35.5. The van der Waals surface area contributed by atoms with Crippen LogP contribution in [0, 0.1) is 17.8 Å². The van der Waals surface area contributed by atoms with Crippen LogP contribution in [-0.4, -0.2) is 26.6 Å². The van der Waals surface area contributed by atoms with Gasteiger partial charge in [-0.1, -0.05) is 0 Å². The standard InChI is InChI=1S/C15H21N3O3S.ClH/c1-22(20,21)18-12-6-4-11(5-7-12)17-15(19)13-9-2-3-10(8-9)14(13)16;/h4-7,9-10,13-14,18H,2-3,8,16H2,1H3,(H,17,19);1H. The first-order chi connectivity index (χ1) is 10.3. The topological polar surface area (TPSA) is 101 Å². The number of hydrogen-bond acceptors (Lipinski definition) is 4. The van der Waals surface area contributed by atoms with Crippen molar-refractivity contribution in [1.29, 1.82) is 0 Å². The number of fused-ring (bicyclic) bond motifs is 2. The van der Waals surface area contributed by atoms with Gasteiger partial charge in [0, 0.05) is 17.4 Å². The van der Waals surface area contributed by atoms with Gasteiger partial charge < -0.3 is 11.1 Å². The molecule has 2 bridgehead atoms. The second kappa shape index (κ2) is 6.67. The Bertz CT molecular complexity index is 676. The molecule has 128 valence electrons. The van der Waals surface area contributed by atoms with E-state index >= 15 is 0 Å². The quantitative estimate of drug-likeness (QED) is 0.762. The molecule has 2 fully saturated rings. The molecule has 23 heavy (non-hydrogen) atoms. The number of nitrogens with two attached hydrogens (primary N) is 1. The van der Waals surface area contributed by atoms with E-state index in [9.17, 15) is 13.2 Å². The summed E-state index contributed by atoms with van der Waals surface area (Å²) in [6.07, 6.45) is 4.39. The summed E-state index contributed by atoms with van der Waals surface area (Å²) in [5.41, 5.74) is 7.30. The number of amides is 1. The number of sulfonamides is 1. The molecule has 6 nitrogen and oxygen atoms in total. The lowest BCUT2D eigenvalue weighted by molar-refractivity contribution is -0.121. The Kier molecular flexibility index (Phi) is 5.23. The Morgan fingerprint density at radius 2 is 1.70 bits per heavy atom. The zero-order valence-corrected chi connectivity index (χ0v) is 14.5. The Labute approximate surface area is 142 Å². The molecule has 4 atom stereocenters. The Hall–Kier alpha value is -1.31. The lowest BCUT2D eigenvalue weighted by Gasteiger charge is -2.27. The second-order valence-corrected chi connectivity index (χ2v) is 8.13. The molecule has 0 spiro atoms. The van der Waals surface area contributed by atoms with Crippen LogP contribution >= 0.6 is 12.4 Å². The van der Waals surface area contributed by atoms with Crippen LogP contribution in [0.4, 0.5) is 11.4 Å². The van der Waals surface area contributed by atoms with Crippen LogP contribution in [-0.2, 0) is 14.8 Å². The monoisotopic (exact) mass is 359 g/mol. The maximum absolute atomic E-state index is 12.4. The van der Waals surface area contributed by atoms with E-state index in [-0.39, 0.29) is 30.3 Å². The van der Waals surface area contributed by atoms with Crippen molar-refractivity contribution in [3.05, 3.63) is 24.3 Å². The van der Waals surface area contributed by atoms with Crippen molar-refractivity contribution in [2.24, 2.45) is 23.5 Å². The molecule has 0 aromatic heterocycles. The van der Waals surface area contributed by atoms with E-state index in [1.807, 2.05) is 0 Å². The SMILES string of the molecule is CS(=O)(=O)Nc1ccc(NC(=O)C2C3CCC(C3)C2N)cc1.Cl. The number of rotatable bonds is 4. The first kappa shape index (κ1) is 18.0. The van der Waals surface area contributed by atoms with Crippen LogP contribution in [0.5, 0.6) is 0 Å². The molecule has 3 rings (SSSR count). The fourth-order valence-electron chi connectivity index (χ4n) is 3.79. The van der Waals surface area contributed by atoms with Gasteiger partial charge in [0.15, 0.2) is 0 Å². The van der Waals surface area contributed by atoms with Gasteiger partial charge >= 0.3 is 0 Å². The highest BCUT2D eigenvalue weighted by Gasteiger charge is 2.49. The van der Waals surface area contributed by atoms with Gasteiger partial charge in [0.2, 0.25) is 15.9 Å². The number of anilines is 2. The lowest BCUT2D eigenvalue weighted by atomic mass is 9.84. The average molecular weight is 360 g/mol. The van der Waals surface area contributed by atoms with Crippen LogP contribution < -0.4 is 15.8 Å². The molecule has 0 aliphatic heterocycles.